The molecular formula is C15H17F3N2O. The molecule has 0 N–H and O–H groups in total. The fraction of sp³-hybridized carbons (Fsp3) is 0.467. The molecule has 1 fully saturated rings. The van der Waals surface area contributed by atoms with Gasteiger partial charge in [0.2, 0.25) is 0 Å². The van der Waals surface area contributed by atoms with Gasteiger partial charge in [0.1, 0.15) is 6.54 Å². The highest BCUT2D eigenvalue weighted by atomic mass is 19.4. The summed E-state index contributed by atoms with van der Waals surface area (Å²) in [5.41, 5.74) is 1.74. The van der Waals surface area contributed by atoms with Crippen LogP contribution < -0.4 is 0 Å². The van der Waals surface area contributed by atoms with Gasteiger partial charge in [-0.05, 0) is 29.1 Å². The Morgan fingerprint density at radius 2 is 1.86 bits per heavy atom. The van der Waals surface area contributed by atoms with E-state index in [0.717, 1.165) is 43.8 Å². The van der Waals surface area contributed by atoms with Crippen LogP contribution >= 0.6 is 0 Å². The number of benzene rings is 1. The molecule has 0 atom stereocenters. The van der Waals surface area contributed by atoms with Crippen LogP contribution in [0.4, 0.5) is 13.2 Å². The van der Waals surface area contributed by atoms with E-state index in [1.165, 1.54) is 10.8 Å². The number of aromatic nitrogens is 1. The second kappa shape index (κ2) is 5.69. The lowest BCUT2D eigenvalue weighted by molar-refractivity contribution is -0.139. The Bertz CT molecular complexity index is 615. The third-order valence-electron chi connectivity index (χ3n) is 3.69. The van der Waals surface area contributed by atoms with Crippen molar-refractivity contribution in [1.29, 1.82) is 0 Å². The van der Waals surface area contributed by atoms with Crippen LogP contribution in [0.25, 0.3) is 10.9 Å². The lowest BCUT2D eigenvalue weighted by atomic mass is 10.1. The smallest absolute Gasteiger partial charge is 0.379 e. The van der Waals surface area contributed by atoms with Crippen LogP contribution in [-0.2, 0) is 17.8 Å². The first kappa shape index (κ1) is 14.4. The highest BCUT2D eigenvalue weighted by molar-refractivity contribution is 5.80. The molecule has 3 rings (SSSR count). The fourth-order valence-electron chi connectivity index (χ4n) is 2.70. The topological polar surface area (TPSA) is 17.4 Å². The molecule has 0 radical (unpaired) electrons. The third-order valence-corrected chi connectivity index (χ3v) is 3.69. The summed E-state index contributed by atoms with van der Waals surface area (Å²) >= 11 is 0. The highest BCUT2D eigenvalue weighted by Crippen LogP contribution is 2.24. The number of hydrogen-bond acceptors (Lipinski definition) is 2. The molecule has 3 nitrogen and oxygen atoms in total. The number of ether oxygens (including phenoxy) is 1. The molecule has 1 aliphatic rings. The van der Waals surface area contributed by atoms with Crippen molar-refractivity contribution in [1.82, 2.24) is 9.47 Å². The molecule has 1 aliphatic heterocycles. The van der Waals surface area contributed by atoms with Gasteiger partial charge in [0, 0.05) is 31.3 Å². The molecule has 1 aromatic carbocycles. The first-order valence-electron chi connectivity index (χ1n) is 6.96. The van der Waals surface area contributed by atoms with E-state index in [9.17, 15) is 13.2 Å². The van der Waals surface area contributed by atoms with Gasteiger partial charge in [-0.1, -0.05) is 6.07 Å². The molecule has 6 heteroatoms. The van der Waals surface area contributed by atoms with Crippen LogP contribution in [0.15, 0.2) is 30.5 Å². The van der Waals surface area contributed by atoms with Gasteiger partial charge in [-0.2, -0.15) is 13.2 Å². The average Bonchev–Trinajstić information content (AvgIpc) is 2.80. The second-order valence-corrected chi connectivity index (χ2v) is 5.34. The van der Waals surface area contributed by atoms with E-state index in [1.807, 2.05) is 12.1 Å². The van der Waals surface area contributed by atoms with Crippen molar-refractivity contribution in [3.63, 3.8) is 0 Å². The number of alkyl halides is 3. The molecule has 2 aromatic rings. The minimum atomic E-state index is -4.20. The van der Waals surface area contributed by atoms with E-state index in [4.69, 9.17) is 4.74 Å². The molecule has 0 spiro atoms. The minimum absolute atomic E-state index is 0.623. The van der Waals surface area contributed by atoms with E-state index in [0.29, 0.717) is 5.52 Å². The van der Waals surface area contributed by atoms with Crippen LogP contribution in [0.3, 0.4) is 0 Å². The molecule has 21 heavy (non-hydrogen) atoms. The number of morpholine rings is 1. The van der Waals surface area contributed by atoms with Crippen LogP contribution in [0.5, 0.6) is 0 Å². The summed E-state index contributed by atoms with van der Waals surface area (Å²) < 4.78 is 44.0. The van der Waals surface area contributed by atoms with Crippen molar-refractivity contribution >= 4 is 10.9 Å². The number of halogens is 3. The van der Waals surface area contributed by atoms with Crippen LogP contribution in [-0.4, -0.2) is 41.9 Å². The largest absolute Gasteiger partial charge is 0.406 e. The fourth-order valence-corrected chi connectivity index (χ4v) is 2.70. The lowest BCUT2D eigenvalue weighted by Gasteiger charge is -2.26. The Morgan fingerprint density at radius 3 is 2.57 bits per heavy atom. The zero-order valence-corrected chi connectivity index (χ0v) is 11.6. The van der Waals surface area contributed by atoms with Gasteiger partial charge >= 0.3 is 6.18 Å². The Hall–Kier alpha value is -1.53. The Kier molecular flexibility index (Phi) is 3.91. The number of hydrogen-bond donors (Lipinski definition) is 0. The maximum atomic E-state index is 12.5. The molecular weight excluding hydrogens is 281 g/mol. The Labute approximate surface area is 120 Å². The van der Waals surface area contributed by atoms with E-state index >= 15 is 0 Å². The molecule has 114 valence electrons. The molecule has 2 heterocycles. The lowest BCUT2D eigenvalue weighted by Crippen LogP contribution is -2.35. The van der Waals surface area contributed by atoms with Crippen molar-refractivity contribution in [2.45, 2.75) is 19.3 Å². The summed E-state index contributed by atoms with van der Waals surface area (Å²) in [5.74, 6) is 0. The Balaban J connectivity index is 1.78. The molecule has 1 aromatic heterocycles. The summed E-state index contributed by atoms with van der Waals surface area (Å²) in [4.78, 5) is 2.29. The maximum absolute atomic E-state index is 12.5. The first-order chi connectivity index (χ1) is 10.0. The zero-order chi connectivity index (χ0) is 14.9. The summed E-state index contributed by atoms with van der Waals surface area (Å²) in [5, 5.41) is 0.852. The molecule has 0 aliphatic carbocycles. The van der Waals surface area contributed by atoms with Crippen LogP contribution in [0.1, 0.15) is 5.56 Å². The van der Waals surface area contributed by atoms with E-state index in [1.54, 1.807) is 12.1 Å². The summed E-state index contributed by atoms with van der Waals surface area (Å²) in [6.45, 7) is 3.14. The summed E-state index contributed by atoms with van der Waals surface area (Å²) in [6, 6.07) is 7.39. The number of rotatable bonds is 3. The monoisotopic (exact) mass is 298 g/mol. The molecule has 0 bridgehead atoms. The molecule has 1 saturated heterocycles. The summed E-state index contributed by atoms with van der Waals surface area (Å²) in [7, 11) is 0. The Morgan fingerprint density at radius 1 is 1.10 bits per heavy atom. The second-order valence-electron chi connectivity index (χ2n) is 5.34. The van der Waals surface area contributed by atoms with E-state index < -0.39 is 12.7 Å². The quantitative estimate of drug-likeness (QED) is 0.866. The minimum Gasteiger partial charge on any atom is -0.379 e. The number of fused-ring (bicyclic) bond motifs is 1. The first-order valence-corrected chi connectivity index (χ1v) is 6.96. The maximum Gasteiger partial charge on any atom is 0.406 e. The molecule has 0 saturated carbocycles. The normalized spacial score (nSPS) is 17.5. The SMILES string of the molecule is FC(F)(F)Cn1ccc2cc(CN3CCOCC3)ccc21. The molecule has 0 amide bonds. The van der Waals surface area contributed by atoms with Gasteiger partial charge < -0.3 is 9.30 Å². The highest BCUT2D eigenvalue weighted by Gasteiger charge is 2.28. The predicted molar refractivity (Wildman–Crippen MR) is 74.1 cm³/mol. The van der Waals surface area contributed by atoms with Gasteiger partial charge in [0.15, 0.2) is 0 Å². The van der Waals surface area contributed by atoms with E-state index in [-0.39, 0.29) is 0 Å². The van der Waals surface area contributed by atoms with E-state index in [2.05, 4.69) is 4.90 Å². The van der Waals surface area contributed by atoms with Gasteiger partial charge in [-0.25, -0.2) is 0 Å². The van der Waals surface area contributed by atoms with Crippen molar-refractivity contribution in [3.8, 4) is 0 Å². The van der Waals surface area contributed by atoms with Crippen LogP contribution in [0.2, 0.25) is 0 Å². The van der Waals surface area contributed by atoms with Crippen molar-refractivity contribution < 1.29 is 17.9 Å². The predicted octanol–water partition coefficient (Wildman–Crippen LogP) is 3.04. The molecule has 0 unspecified atom stereocenters. The third kappa shape index (κ3) is 3.57. The zero-order valence-electron chi connectivity index (χ0n) is 11.6. The van der Waals surface area contributed by atoms with Gasteiger partial charge in [0.25, 0.3) is 0 Å². The van der Waals surface area contributed by atoms with Crippen molar-refractivity contribution in [2.24, 2.45) is 0 Å². The standard InChI is InChI=1S/C15H17F3N2O/c16-15(17,18)11-20-4-3-13-9-12(1-2-14(13)20)10-19-5-7-21-8-6-19/h1-4,9H,5-8,10-11H2. The summed E-state index contributed by atoms with van der Waals surface area (Å²) in [6.07, 6.45) is -2.70. The van der Waals surface area contributed by atoms with Gasteiger partial charge in [-0.3, -0.25) is 4.90 Å². The van der Waals surface area contributed by atoms with Gasteiger partial charge in [-0.15, -0.1) is 0 Å². The van der Waals surface area contributed by atoms with Gasteiger partial charge in [0.05, 0.1) is 13.2 Å². The van der Waals surface area contributed by atoms with Crippen molar-refractivity contribution in [3.05, 3.63) is 36.0 Å². The van der Waals surface area contributed by atoms with Crippen LogP contribution in [0, 0.1) is 0 Å². The average molecular weight is 298 g/mol. The van der Waals surface area contributed by atoms with Crippen molar-refractivity contribution in [2.75, 3.05) is 26.3 Å². The number of nitrogens with zero attached hydrogens (tertiary/aromatic N) is 2.